The van der Waals surface area contributed by atoms with E-state index in [9.17, 15) is 13.6 Å². The third-order valence-electron chi connectivity index (χ3n) is 6.06. The van der Waals surface area contributed by atoms with Gasteiger partial charge in [-0.2, -0.15) is 5.10 Å². The van der Waals surface area contributed by atoms with Crippen LogP contribution in [0.5, 0.6) is 0 Å². The maximum Gasteiger partial charge on any atom is 0.247 e. The molecule has 0 radical (unpaired) electrons. The SMILES string of the molecule is CC1CC(C(=O)N2N=C(c3cc(F)ccc3F)SC23CCc2ccccc23)C1. The van der Waals surface area contributed by atoms with E-state index in [1.165, 1.54) is 17.3 Å². The topological polar surface area (TPSA) is 32.7 Å². The van der Waals surface area contributed by atoms with Gasteiger partial charge in [0, 0.05) is 11.5 Å². The minimum absolute atomic E-state index is 0.00545. The van der Waals surface area contributed by atoms with Gasteiger partial charge >= 0.3 is 0 Å². The van der Waals surface area contributed by atoms with Crippen LogP contribution in [-0.4, -0.2) is 16.0 Å². The Kier molecular flexibility index (Phi) is 4.09. The summed E-state index contributed by atoms with van der Waals surface area (Å²) in [6.45, 7) is 2.14. The first-order valence-electron chi connectivity index (χ1n) is 9.63. The molecule has 3 nitrogen and oxygen atoms in total. The quantitative estimate of drug-likeness (QED) is 0.709. The van der Waals surface area contributed by atoms with E-state index >= 15 is 0 Å². The Balaban J connectivity index is 1.60. The molecular weight excluding hydrogens is 378 g/mol. The number of halogens is 2. The van der Waals surface area contributed by atoms with Crippen molar-refractivity contribution in [1.82, 2.24) is 5.01 Å². The van der Waals surface area contributed by atoms with Gasteiger partial charge in [-0.15, -0.1) is 0 Å². The lowest BCUT2D eigenvalue weighted by molar-refractivity contribution is -0.143. The molecule has 0 aromatic heterocycles. The third kappa shape index (κ3) is 2.61. The zero-order valence-corrected chi connectivity index (χ0v) is 16.3. The van der Waals surface area contributed by atoms with Gasteiger partial charge < -0.3 is 0 Å². The molecule has 1 heterocycles. The van der Waals surface area contributed by atoms with Crippen molar-refractivity contribution in [3.8, 4) is 0 Å². The summed E-state index contributed by atoms with van der Waals surface area (Å²) in [6.07, 6.45) is 3.27. The second-order valence-electron chi connectivity index (χ2n) is 8.00. The maximum absolute atomic E-state index is 14.4. The molecule has 2 aliphatic carbocycles. The van der Waals surface area contributed by atoms with Crippen LogP contribution in [0.3, 0.4) is 0 Å². The van der Waals surface area contributed by atoms with Crippen LogP contribution in [0.1, 0.15) is 42.9 Å². The first-order chi connectivity index (χ1) is 13.5. The minimum atomic E-state index is -0.666. The number of carbonyl (C=O) groups excluding carboxylic acids is 1. The molecule has 1 aliphatic heterocycles. The number of hydrazone groups is 1. The number of hydrogen-bond donors (Lipinski definition) is 0. The predicted molar refractivity (Wildman–Crippen MR) is 106 cm³/mol. The average Bonchev–Trinajstić information content (AvgIpc) is 3.23. The Hall–Kier alpha value is -2.21. The number of benzene rings is 2. The smallest absolute Gasteiger partial charge is 0.247 e. The van der Waals surface area contributed by atoms with Crippen LogP contribution in [0, 0.1) is 23.5 Å². The second-order valence-corrected chi connectivity index (χ2v) is 9.26. The van der Waals surface area contributed by atoms with Gasteiger partial charge in [0.25, 0.3) is 0 Å². The molecule has 2 aromatic rings. The van der Waals surface area contributed by atoms with E-state index in [0.29, 0.717) is 11.0 Å². The molecule has 0 saturated heterocycles. The van der Waals surface area contributed by atoms with Crippen LogP contribution in [0.4, 0.5) is 8.78 Å². The lowest BCUT2D eigenvalue weighted by Crippen LogP contribution is -2.45. The van der Waals surface area contributed by atoms with E-state index in [2.05, 4.69) is 18.1 Å². The lowest BCUT2D eigenvalue weighted by atomic mass is 9.75. The van der Waals surface area contributed by atoms with Crippen LogP contribution >= 0.6 is 11.8 Å². The van der Waals surface area contributed by atoms with Crippen molar-refractivity contribution in [3.05, 3.63) is 70.8 Å². The Labute approximate surface area is 166 Å². The summed E-state index contributed by atoms with van der Waals surface area (Å²) in [7, 11) is 0. The Morgan fingerprint density at radius 2 is 2.00 bits per heavy atom. The molecule has 3 aliphatic rings. The summed E-state index contributed by atoms with van der Waals surface area (Å²) in [5, 5.41) is 6.53. The molecule has 28 heavy (non-hydrogen) atoms. The van der Waals surface area contributed by atoms with Gasteiger partial charge in [0.05, 0.1) is 0 Å². The number of thioether (sulfide) groups is 1. The monoisotopic (exact) mass is 398 g/mol. The summed E-state index contributed by atoms with van der Waals surface area (Å²) in [4.78, 5) is 12.6. The lowest BCUT2D eigenvalue weighted by Gasteiger charge is -2.39. The molecule has 1 fully saturated rings. The highest BCUT2D eigenvalue weighted by molar-refractivity contribution is 8.15. The highest BCUT2D eigenvalue weighted by Gasteiger charge is 2.54. The first kappa shape index (κ1) is 17.9. The fourth-order valence-corrected chi connectivity index (χ4v) is 5.99. The maximum atomic E-state index is 14.4. The highest BCUT2D eigenvalue weighted by atomic mass is 32.2. The van der Waals surface area contributed by atoms with Gasteiger partial charge in [-0.1, -0.05) is 43.0 Å². The molecule has 144 valence electrons. The van der Waals surface area contributed by atoms with Crippen molar-refractivity contribution in [2.24, 2.45) is 16.9 Å². The van der Waals surface area contributed by atoms with Crippen LogP contribution in [0.2, 0.25) is 0 Å². The number of rotatable bonds is 2. The van der Waals surface area contributed by atoms with Gasteiger partial charge in [-0.25, -0.2) is 13.8 Å². The van der Waals surface area contributed by atoms with E-state index in [-0.39, 0.29) is 17.4 Å². The Morgan fingerprint density at radius 3 is 2.79 bits per heavy atom. The fourth-order valence-electron chi connectivity index (χ4n) is 4.55. The molecule has 2 aromatic carbocycles. The molecule has 1 spiro atoms. The van der Waals surface area contributed by atoms with Crippen molar-refractivity contribution in [3.63, 3.8) is 0 Å². The minimum Gasteiger partial charge on any atom is -0.273 e. The van der Waals surface area contributed by atoms with Crippen molar-refractivity contribution in [2.75, 3.05) is 0 Å². The summed E-state index contributed by atoms with van der Waals surface area (Å²) < 4.78 is 28.2. The molecule has 5 rings (SSSR count). The van der Waals surface area contributed by atoms with Crippen LogP contribution < -0.4 is 0 Å². The molecule has 6 heteroatoms. The number of hydrogen-bond acceptors (Lipinski definition) is 3. The molecule has 1 unspecified atom stereocenters. The van der Waals surface area contributed by atoms with Gasteiger partial charge in [-0.05, 0) is 60.9 Å². The van der Waals surface area contributed by atoms with E-state index in [1.807, 2.05) is 18.2 Å². The highest BCUT2D eigenvalue weighted by Crippen LogP contribution is 2.56. The third-order valence-corrected chi connectivity index (χ3v) is 7.49. The number of amides is 1. The molecule has 1 atom stereocenters. The Morgan fingerprint density at radius 1 is 1.21 bits per heavy atom. The average molecular weight is 398 g/mol. The first-order valence-corrected chi connectivity index (χ1v) is 10.4. The van der Waals surface area contributed by atoms with Gasteiger partial charge in [-0.3, -0.25) is 4.79 Å². The van der Waals surface area contributed by atoms with Crippen LogP contribution in [0.15, 0.2) is 47.6 Å². The van der Waals surface area contributed by atoms with Crippen molar-refractivity contribution >= 4 is 22.7 Å². The molecule has 0 N–H and O–H groups in total. The summed E-state index contributed by atoms with van der Waals surface area (Å²) in [6, 6.07) is 11.4. The second kappa shape index (κ2) is 6.41. The van der Waals surface area contributed by atoms with Gasteiger partial charge in [0.1, 0.15) is 21.5 Å². The van der Waals surface area contributed by atoms with Gasteiger partial charge in [0.15, 0.2) is 0 Å². The van der Waals surface area contributed by atoms with Crippen molar-refractivity contribution in [2.45, 2.75) is 37.5 Å². The van der Waals surface area contributed by atoms with Crippen molar-refractivity contribution < 1.29 is 13.6 Å². The Bertz CT molecular complexity index is 1000. The largest absolute Gasteiger partial charge is 0.273 e. The fraction of sp³-hybridized carbons (Fsp3) is 0.364. The van der Waals surface area contributed by atoms with Crippen molar-refractivity contribution in [1.29, 1.82) is 0 Å². The summed E-state index contributed by atoms with van der Waals surface area (Å²) >= 11 is 1.38. The van der Waals surface area contributed by atoms with E-state index < -0.39 is 16.5 Å². The zero-order valence-electron chi connectivity index (χ0n) is 15.5. The number of carbonyl (C=O) groups is 1. The summed E-state index contributed by atoms with van der Waals surface area (Å²) in [5.74, 6) is -0.547. The van der Waals surface area contributed by atoms with Crippen LogP contribution in [0.25, 0.3) is 0 Å². The zero-order chi connectivity index (χ0) is 19.5. The molecular formula is C22H20F2N2OS. The van der Waals surface area contributed by atoms with Gasteiger partial charge in [0.2, 0.25) is 5.91 Å². The normalized spacial score (nSPS) is 28.2. The number of aryl methyl sites for hydroxylation is 1. The van der Waals surface area contributed by atoms with Crippen LogP contribution in [-0.2, 0) is 16.1 Å². The summed E-state index contributed by atoms with van der Waals surface area (Å²) in [5.41, 5.74) is 2.35. The molecule has 0 bridgehead atoms. The van der Waals surface area contributed by atoms with E-state index in [1.54, 1.807) is 5.01 Å². The number of nitrogens with zero attached hydrogens (tertiary/aromatic N) is 2. The molecule has 1 saturated carbocycles. The standard InChI is InChI=1S/C22H20F2N2OS/c1-13-10-15(11-13)21(27)26-22(9-8-14-4-2-3-5-18(14)22)28-20(25-26)17-12-16(23)6-7-19(17)24/h2-7,12-13,15H,8-11H2,1H3. The number of fused-ring (bicyclic) bond motifs is 2. The molecule has 1 amide bonds. The van der Waals surface area contributed by atoms with E-state index in [0.717, 1.165) is 49.4 Å². The predicted octanol–water partition coefficient (Wildman–Crippen LogP) is 5.05. The van der Waals surface area contributed by atoms with E-state index in [4.69, 9.17) is 0 Å².